The summed E-state index contributed by atoms with van der Waals surface area (Å²) >= 11 is 0. The van der Waals surface area contributed by atoms with Crippen molar-refractivity contribution in [1.29, 1.82) is 0 Å². The number of aromatic nitrogens is 3. The summed E-state index contributed by atoms with van der Waals surface area (Å²) < 4.78 is 5.31. The Hall–Kier alpha value is -2.04. The van der Waals surface area contributed by atoms with Crippen LogP contribution in [0.2, 0.25) is 0 Å². The molecule has 2 aromatic rings. The predicted octanol–water partition coefficient (Wildman–Crippen LogP) is 1.82. The molecular weight excluding hydrogens is 204 g/mol. The van der Waals surface area contributed by atoms with E-state index < -0.39 is 0 Å². The van der Waals surface area contributed by atoms with Gasteiger partial charge < -0.3 is 15.0 Å². The van der Waals surface area contributed by atoms with E-state index in [4.69, 9.17) is 4.74 Å². The molecule has 5 nitrogen and oxygen atoms in total. The Bertz CT molecular complexity index is 427. The molecule has 0 bridgehead atoms. The number of hydrogen-bond donors (Lipinski definition) is 2. The molecule has 0 aromatic carbocycles. The van der Waals surface area contributed by atoms with Gasteiger partial charge in [-0.05, 0) is 13.0 Å². The smallest absolute Gasteiger partial charge is 0.215 e. The van der Waals surface area contributed by atoms with Crippen LogP contribution in [-0.2, 0) is 6.54 Å². The van der Waals surface area contributed by atoms with Gasteiger partial charge in [0.2, 0.25) is 5.88 Å². The van der Waals surface area contributed by atoms with Gasteiger partial charge >= 0.3 is 0 Å². The molecular formula is C11H14N4O. The Morgan fingerprint density at radius 3 is 3.12 bits per heavy atom. The Morgan fingerprint density at radius 2 is 2.38 bits per heavy atom. The summed E-state index contributed by atoms with van der Waals surface area (Å²) in [7, 11) is 0. The fraction of sp³-hybridized carbons (Fsp3) is 0.273. The van der Waals surface area contributed by atoms with Gasteiger partial charge in [0.15, 0.2) is 0 Å². The molecule has 2 aromatic heterocycles. The lowest BCUT2D eigenvalue weighted by molar-refractivity contribution is 0.327. The molecule has 5 heteroatoms. The molecule has 0 radical (unpaired) electrons. The first kappa shape index (κ1) is 10.5. The predicted molar refractivity (Wildman–Crippen MR) is 61.3 cm³/mol. The van der Waals surface area contributed by atoms with Crippen LogP contribution in [0.25, 0.3) is 0 Å². The number of aromatic amines is 1. The van der Waals surface area contributed by atoms with E-state index in [2.05, 4.69) is 20.3 Å². The standard InChI is InChI=1S/C11H14N4O/c1-2-16-11-5-3-4-9(15-11)14-8-10-12-6-7-13-10/h3-7H,2,8H2,1H3,(H,12,13)(H,14,15). The van der Waals surface area contributed by atoms with Gasteiger partial charge in [0.1, 0.15) is 11.6 Å². The number of hydrogen-bond acceptors (Lipinski definition) is 4. The molecule has 2 heterocycles. The number of ether oxygens (including phenoxy) is 1. The van der Waals surface area contributed by atoms with E-state index in [1.54, 1.807) is 12.4 Å². The number of rotatable bonds is 5. The van der Waals surface area contributed by atoms with E-state index in [0.717, 1.165) is 11.6 Å². The number of nitrogens with zero attached hydrogens (tertiary/aromatic N) is 2. The Labute approximate surface area is 93.9 Å². The first-order valence-corrected chi connectivity index (χ1v) is 5.20. The zero-order valence-corrected chi connectivity index (χ0v) is 9.10. The van der Waals surface area contributed by atoms with Crippen LogP contribution in [0.3, 0.4) is 0 Å². The van der Waals surface area contributed by atoms with Crippen molar-refractivity contribution in [3.8, 4) is 5.88 Å². The van der Waals surface area contributed by atoms with Crippen molar-refractivity contribution in [2.24, 2.45) is 0 Å². The highest BCUT2D eigenvalue weighted by atomic mass is 16.5. The lowest BCUT2D eigenvalue weighted by Crippen LogP contribution is -2.03. The number of pyridine rings is 1. The molecule has 0 saturated heterocycles. The van der Waals surface area contributed by atoms with Gasteiger partial charge in [0.25, 0.3) is 0 Å². The molecule has 0 aliphatic heterocycles. The van der Waals surface area contributed by atoms with Crippen LogP contribution >= 0.6 is 0 Å². The van der Waals surface area contributed by atoms with Crippen LogP contribution in [0.1, 0.15) is 12.7 Å². The number of H-pyrrole nitrogens is 1. The van der Waals surface area contributed by atoms with Crippen molar-refractivity contribution < 1.29 is 4.74 Å². The second kappa shape index (κ2) is 5.16. The second-order valence-electron chi connectivity index (χ2n) is 3.18. The van der Waals surface area contributed by atoms with Crippen molar-refractivity contribution in [2.75, 3.05) is 11.9 Å². The van der Waals surface area contributed by atoms with Crippen molar-refractivity contribution in [3.63, 3.8) is 0 Å². The minimum atomic E-state index is 0.620. The third kappa shape index (κ3) is 2.73. The molecule has 16 heavy (non-hydrogen) atoms. The van der Waals surface area contributed by atoms with E-state index in [-0.39, 0.29) is 0 Å². The third-order valence-corrected chi connectivity index (χ3v) is 2.01. The molecule has 84 valence electrons. The molecule has 2 N–H and O–H groups in total. The van der Waals surface area contributed by atoms with Crippen LogP contribution in [0.4, 0.5) is 5.82 Å². The number of imidazole rings is 1. The molecule has 0 aliphatic carbocycles. The first-order chi connectivity index (χ1) is 7.88. The van der Waals surface area contributed by atoms with Gasteiger partial charge in [0, 0.05) is 18.5 Å². The van der Waals surface area contributed by atoms with Crippen molar-refractivity contribution in [3.05, 3.63) is 36.4 Å². The highest BCUT2D eigenvalue weighted by molar-refractivity contribution is 5.37. The number of anilines is 1. The summed E-state index contributed by atoms with van der Waals surface area (Å²) in [4.78, 5) is 11.4. The zero-order valence-electron chi connectivity index (χ0n) is 9.10. The zero-order chi connectivity index (χ0) is 11.2. The number of nitrogens with one attached hydrogen (secondary N) is 2. The van der Waals surface area contributed by atoms with Gasteiger partial charge in [-0.25, -0.2) is 4.98 Å². The highest BCUT2D eigenvalue weighted by Gasteiger charge is 1.98. The van der Waals surface area contributed by atoms with Crippen molar-refractivity contribution in [1.82, 2.24) is 15.0 Å². The molecule has 0 amide bonds. The summed E-state index contributed by atoms with van der Waals surface area (Å²) in [6.45, 7) is 3.18. The van der Waals surface area contributed by atoms with Crippen LogP contribution in [0.5, 0.6) is 5.88 Å². The molecule has 0 aliphatic rings. The lowest BCUT2D eigenvalue weighted by atomic mass is 10.4. The van der Waals surface area contributed by atoms with E-state index >= 15 is 0 Å². The lowest BCUT2D eigenvalue weighted by Gasteiger charge is -2.06. The molecule has 2 rings (SSSR count). The minimum absolute atomic E-state index is 0.620. The molecule has 0 saturated carbocycles. The summed E-state index contributed by atoms with van der Waals surface area (Å²) in [6, 6.07) is 5.63. The van der Waals surface area contributed by atoms with Gasteiger partial charge in [0.05, 0.1) is 13.2 Å². The topological polar surface area (TPSA) is 62.8 Å². The molecule has 0 atom stereocenters. The van der Waals surface area contributed by atoms with Crippen molar-refractivity contribution >= 4 is 5.82 Å². The minimum Gasteiger partial charge on any atom is -0.478 e. The largest absolute Gasteiger partial charge is 0.478 e. The fourth-order valence-corrected chi connectivity index (χ4v) is 1.31. The van der Waals surface area contributed by atoms with Crippen LogP contribution in [0.15, 0.2) is 30.6 Å². The molecule has 0 unspecified atom stereocenters. The summed E-state index contributed by atoms with van der Waals surface area (Å²) in [5.74, 6) is 2.29. The van der Waals surface area contributed by atoms with E-state index in [1.807, 2.05) is 25.1 Å². The Balaban J connectivity index is 1.96. The summed E-state index contributed by atoms with van der Waals surface area (Å²) in [6.07, 6.45) is 3.52. The van der Waals surface area contributed by atoms with E-state index in [9.17, 15) is 0 Å². The highest BCUT2D eigenvalue weighted by Crippen LogP contribution is 2.11. The monoisotopic (exact) mass is 218 g/mol. The average Bonchev–Trinajstić information content (AvgIpc) is 2.80. The van der Waals surface area contributed by atoms with Gasteiger partial charge in [-0.2, -0.15) is 4.98 Å². The van der Waals surface area contributed by atoms with E-state index in [1.165, 1.54) is 0 Å². The maximum absolute atomic E-state index is 5.31. The van der Waals surface area contributed by atoms with Crippen molar-refractivity contribution in [2.45, 2.75) is 13.5 Å². The Kier molecular flexibility index (Phi) is 3.38. The maximum atomic E-state index is 5.31. The summed E-state index contributed by atoms with van der Waals surface area (Å²) in [5.41, 5.74) is 0. The van der Waals surface area contributed by atoms with Gasteiger partial charge in [-0.15, -0.1) is 0 Å². The van der Waals surface area contributed by atoms with Crippen LogP contribution in [-0.4, -0.2) is 21.6 Å². The quantitative estimate of drug-likeness (QED) is 0.803. The van der Waals surface area contributed by atoms with Crippen LogP contribution < -0.4 is 10.1 Å². The maximum Gasteiger partial charge on any atom is 0.215 e. The summed E-state index contributed by atoms with van der Waals surface area (Å²) in [5, 5.41) is 3.16. The average molecular weight is 218 g/mol. The Morgan fingerprint density at radius 1 is 1.44 bits per heavy atom. The van der Waals surface area contributed by atoms with Crippen LogP contribution in [0, 0.1) is 0 Å². The SMILES string of the molecule is CCOc1cccc(NCc2ncc[nH]2)n1. The fourth-order valence-electron chi connectivity index (χ4n) is 1.31. The molecule has 0 fully saturated rings. The van der Waals surface area contributed by atoms with E-state index in [0.29, 0.717) is 19.0 Å². The molecule has 0 spiro atoms. The normalized spacial score (nSPS) is 10.1. The van der Waals surface area contributed by atoms with Gasteiger partial charge in [-0.3, -0.25) is 0 Å². The first-order valence-electron chi connectivity index (χ1n) is 5.20. The van der Waals surface area contributed by atoms with Gasteiger partial charge in [-0.1, -0.05) is 6.07 Å². The third-order valence-electron chi connectivity index (χ3n) is 2.01. The second-order valence-corrected chi connectivity index (χ2v) is 3.18.